The third kappa shape index (κ3) is 3.76. The molecule has 0 aliphatic carbocycles. The first-order chi connectivity index (χ1) is 11.2. The lowest BCUT2D eigenvalue weighted by Crippen LogP contribution is -2.14. The zero-order chi connectivity index (χ0) is 16.1. The van der Waals surface area contributed by atoms with Crippen molar-refractivity contribution in [3.8, 4) is 0 Å². The summed E-state index contributed by atoms with van der Waals surface area (Å²) in [4.78, 5) is 4.51. The Labute approximate surface area is 137 Å². The quantitative estimate of drug-likeness (QED) is 0.747. The molecule has 0 unspecified atom stereocenters. The minimum absolute atomic E-state index is 0.146. The molecule has 0 spiro atoms. The average Bonchev–Trinajstić information content (AvgIpc) is 2.61. The lowest BCUT2D eigenvalue weighted by Gasteiger charge is -2.16. The standard InChI is InChI=1S/C20H21N3/c1-15-12-19(22-13-16-8-4-2-5-9-16)23-14-18(15)20(21)17-10-6-3-7-11-17/h2-12,14,20H,13,21H2,1H3,(H,22,23)/t20-/m1/s1. The molecule has 3 heteroatoms. The van der Waals surface area contributed by atoms with E-state index in [1.807, 2.05) is 54.7 Å². The minimum Gasteiger partial charge on any atom is -0.366 e. The molecule has 23 heavy (non-hydrogen) atoms. The Morgan fingerprint density at radius 1 is 1.00 bits per heavy atom. The highest BCUT2D eigenvalue weighted by molar-refractivity contribution is 5.44. The Balaban J connectivity index is 1.73. The molecule has 3 aromatic rings. The molecule has 0 aliphatic rings. The molecule has 1 aromatic heterocycles. The van der Waals surface area contributed by atoms with E-state index in [2.05, 4.69) is 35.4 Å². The van der Waals surface area contributed by atoms with Crippen molar-refractivity contribution in [1.29, 1.82) is 0 Å². The number of aromatic nitrogens is 1. The SMILES string of the molecule is Cc1cc(NCc2ccccc2)ncc1[C@H](N)c1ccccc1. The van der Waals surface area contributed by atoms with Crippen molar-refractivity contribution < 1.29 is 0 Å². The lowest BCUT2D eigenvalue weighted by molar-refractivity contribution is 0.852. The van der Waals surface area contributed by atoms with E-state index in [1.165, 1.54) is 5.56 Å². The zero-order valence-corrected chi connectivity index (χ0v) is 13.2. The van der Waals surface area contributed by atoms with Crippen LogP contribution < -0.4 is 11.1 Å². The molecule has 0 amide bonds. The fourth-order valence-corrected chi connectivity index (χ4v) is 2.62. The predicted molar refractivity (Wildman–Crippen MR) is 95.2 cm³/mol. The van der Waals surface area contributed by atoms with Gasteiger partial charge in [0.15, 0.2) is 0 Å². The van der Waals surface area contributed by atoms with Gasteiger partial charge in [-0.25, -0.2) is 4.98 Å². The Morgan fingerprint density at radius 3 is 2.30 bits per heavy atom. The Bertz CT molecular complexity index is 754. The van der Waals surface area contributed by atoms with Gasteiger partial charge < -0.3 is 11.1 Å². The second kappa shape index (κ2) is 7.07. The second-order valence-electron chi connectivity index (χ2n) is 5.65. The molecule has 0 saturated carbocycles. The topological polar surface area (TPSA) is 50.9 Å². The molecule has 3 rings (SSSR count). The molecule has 0 radical (unpaired) electrons. The van der Waals surface area contributed by atoms with E-state index in [9.17, 15) is 0 Å². The summed E-state index contributed by atoms with van der Waals surface area (Å²) >= 11 is 0. The number of pyridine rings is 1. The number of nitrogens with two attached hydrogens (primary N) is 1. The van der Waals surface area contributed by atoms with Crippen molar-refractivity contribution in [2.45, 2.75) is 19.5 Å². The number of rotatable bonds is 5. The Kier molecular flexibility index (Phi) is 4.69. The van der Waals surface area contributed by atoms with Gasteiger partial charge in [0, 0.05) is 12.7 Å². The smallest absolute Gasteiger partial charge is 0.126 e. The highest BCUT2D eigenvalue weighted by atomic mass is 15.0. The highest BCUT2D eigenvalue weighted by Crippen LogP contribution is 2.23. The lowest BCUT2D eigenvalue weighted by atomic mass is 9.97. The molecular formula is C20H21N3. The molecule has 1 heterocycles. The van der Waals surface area contributed by atoms with E-state index >= 15 is 0 Å². The van der Waals surface area contributed by atoms with Crippen molar-refractivity contribution in [2.24, 2.45) is 5.73 Å². The van der Waals surface area contributed by atoms with E-state index in [4.69, 9.17) is 5.73 Å². The van der Waals surface area contributed by atoms with Crippen LogP contribution in [-0.4, -0.2) is 4.98 Å². The van der Waals surface area contributed by atoms with E-state index < -0.39 is 0 Å². The summed E-state index contributed by atoms with van der Waals surface area (Å²) in [5.41, 5.74) is 10.9. The van der Waals surface area contributed by atoms with E-state index in [0.717, 1.165) is 29.1 Å². The molecule has 116 valence electrons. The summed E-state index contributed by atoms with van der Waals surface area (Å²) in [6.07, 6.45) is 1.88. The van der Waals surface area contributed by atoms with Gasteiger partial charge in [-0.05, 0) is 35.2 Å². The van der Waals surface area contributed by atoms with Crippen LogP contribution in [-0.2, 0) is 6.54 Å². The van der Waals surface area contributed by atoms with Crippen LogP contribution in [0.25, 0.3) is 0 Å². The van der Waals surface area contributed by atoms with Crippen molar-refractivity contribution in [2.75, 3.05) is 5.32 Å². The molecular weight excluding hydrogens is 282 g/mol. The van der Waals surface area contributed by atoms with E-state index in [1.54, 1.807) is 0 Å². The Hall–Kier alpha value is -2.65. The van der Waals surface area contributed by atoms with Crippen molar-refractivity contribution in [3.05, 3.63) is 95.2 Å². The Morgan fingerprint density at radius 2 is 1.65 bits per heavy atom. The maximum atomic E-state index is 6.37. The number of nitrogens with zero attached hydrogens (tertiary/aromatic N) is 1. The summed E-state index contributed by atoms with van der Waals surface area (Å²) in [5.74, 6) is 0.871. The first kappa shape index (κ1) is 15.3. The van der Waals surface area contributed by atoms with Crippen LogP contribution in [0.3, 0.4) is 0 Å². The largest absolute Gasteiger partial charge is 0.366 e. The normalized spacial score (nSPS) is 11.9. The fraction of sp³-hybridized carbons (Fsp3) is 0.150. The highest BCUT2D eigenvalue weighted by Gasteiger charge is 2.12. The van der Waals surface area contributed by atoms with Crippen LogP contribution in [0.4, 0.5) is 5.82 Å². The maximum absolute atomic E-state index is 6.37. The van der Waals surface area contributed by atoms with Crippen LogP contribution >= 0.6 is 0 Å². The molecule has 3 nitrogen and oxygen atoms in total. The summed E-state index contributed by atoms with van der Waals surface area (Å²) in [6.45, 7) is 2.84. The van der Waals surface area contributed by atoms with Gasteiger partial charge in [-0.2, -0.15) is 0 Å². The van der Waals surface area contributed by atoms with E-state index in [0.29, 0.717) is 0 Å². The third-order valence-electron chi connectivity index (χ3n) is 3.96. The van der Waals surface area contributed by atoms with Crippen molar-refractivity contribution in [1.82, 2.24) is 4.98 Å². The fourth-order valence-electron chi connectivity index (χ4n) is 2.62. The first-order valence-corrected chi connectivity index (χ1v) is 7.79. The molecule has 1 atom stereocenters. The van der Waals surface area contributed by atoms with Gasteiger partial charge in [-0.1, -0.05) is 60.7 Å². The van der Waals surface area contributed by atoms with Crippen LogP contribution in [0.1, 0.15) is 28.3 Å². The molecule has 0 aliphatic heterocycles. The molecule has 3 N–H and O–H groups in total. The van der Waals surface area contributed by atoms with Crippen molar-refractivity contribution >= 4 is 5.82 Å². The predicted octanol–water partition coefficient (Wildman–Crippen LogP) is 4.05. The van der Waals surface area contributed by atoms with Gasteiger partial charge in [-0.15, -0.1) is 0 Å². The number of nitrogens with one attached hydrogen (secondary N) is 1. The number of benzene rings is 2. The minimum atomic E-state index is -0.146. The molecule has 2 aromatic carbocycles. The first-order valence-electron chi connectivity index (χ1n) is 7.79. The van der Waals surface area contributed by atoms with Gasteiger partial charge in [0.2, 0.25) is 0 Å². The zero-order valence-electron chi connectivity index (χ0n) is 13.2. The molecule has 0 bridgehead atoms. The monoisotopic (exact) mass is 303 g/mol. The number of aryl methyl sites for hydroxylation is 1. The number of hydrogen-bond donors (Lipinski definition) is 2. The summed E-state index contributed by atoms with van der Waals surface area (Å²) < 4.78 is 0. The van der Waals surface area contributed by atoms with Crippen LogP contribution in [0.2, 0.25) is 0 Å². The van der Waals surface area contributed by atoms with Gasteiger partial charge in [0.1, 0.15) is 5.82 Å². The van der Waals surface area contributed by atoms with E-state index in [-0.39, 0.29) is 6.04 Å². The van der Waals surface area contributed by atoms with Gasteiger partial charge in [0.25, 0.3) is 0 Å². The van der Waals surface area contributed by atoms with Crippen LogP contribution in [0.5, 0.6) is 0 Å². The average molecular weight is 303 g/mol. The number of hydrogen-bond acceptors (Lipinski definition) is 3. The van der Waals surface area contributed by atoms with Crippen LogP contribution in [0, 0.1) is 6.92 Å². The maximum Gasteiger partial charge on any atom is 0.126 e. The molecule has 0 saturated heterocycles. The summed E-state index contributed by atoms with van der Waals surface area (Å²) in [5, 5.41) is 3.36. The van der Waals surface area contributed by atoms with Crippen LogP contribution in [0.15, 0.2) is 72.9 Å². The summed E-state index contributed by atoms with van der Waals surface area (Å²) in [7, 11) is 0. The number of anilines is 1. The van der Waals surface area contributed by atoms with Crippen molar-refractivity contribution in [3.63, 3.8) is 0 Å². The third-order valence-corrected chi connectivity index (χ3v) is 3.96. The van der Waals surface area contributed by atoms with Gasteiger partial charge in [0.05, 0.1) is 6.04 Å². The molecule has 0 fully saturated rings. The van der Waals surface area contributed by atoms with Gasteiger partial charge >= 0.3 is 0 Å². The summed E-state index contributed by atoms with van der Waals surface area (Å²) in [6, 6.07) is 22.3. The van der Waals surface area contributed by atoms with Gasteiger partial charge in [-0.3, -0.25) is 0 Å². The second-order valence-corrected chi connectivity index (χ2v) is 5.65.